The first kappa shape index (κ1) is 19.0. The third-order valence-electron chi connectivity index (χ3n) is 7.11. The standard InChI is InChI=1S/C29H24O3/c1-17-13-20-21-14-27(31-3)28(32-4)16-25(21)29(24(20)15-26(17)30-2)22-11-7-5-9-18(22)19-10-6-8-12-23(19)29/h5-16H,1-4H3. The maximum absolute atomic E-state index is 5.79. The highest BCUT2D eigenvalue weighted by Gasteiger charge is 2.52. The van der Waals surface area contributed by atoms with Crippen LogP contribution in [0.1, 0.15) is 27.8 Å². The largest absolute Gasteiger partial charge is 0.496 e. The van der Waals surface area contributed by atoms with E-state index in [-0.39, 0.29) is 0 Å². The number of hydrogen-bond donors (Lipinski definition) is 0. The van der Waals surface area contributed by atoms with Gasteiger partial charge in [-0.05, 0) is 81.3 Å². The van der Waals surface area contributed by atoms with Crippen molar-refractivity contribution in [1.82, 2.24) is 0 Å². The van der Waals surface area contributed by atoms with Crippen molar-refractivity contribution in [3.8, 4) is 39.5 Å². The summed E-state index contributed by atoms with van der Waals surface area (Å²) >= 11 is 0. The minimum atomic E-state index is -0.432. The Morgan fingerprint density at radius 1 is 0.500 bits per heavy atom. The van der Waals surface area contributed by atoms with Gasteiger partial charge in [-0.1, -0.05) is 48.5 Å². The van der Waals surface area contributed by atoms with Crippen LogP contribution in [0.2, 0.25) is 0 Å². The molecule has 2 aliphatic carbocycles. The third-order valence-corrected chi connectivity index (χ3v) is 7.11. The van der Waals surface area contributed by atoms with Gasteiger partial charge in [-0.2, -0.15) is 0 Å². The second kappa shape index (κ2) is 6.64. The maximum Gasteiger partial charge on any atom is 0.161 e. The van der Waals surface area contributed by atoms with Crippen LogP contribution in [-0.4, -0.2) is 21.3 Å². The van der Waals surface area contributed by atoms with E-state index in [2.05, 4.69) is 79.7 Å². The fourth-order valence-corrected chi connectivity index (χ4v) is 5.81. The number of methoxy groups -OCH3 is 3. The molecule has 158 valence electrons. The Morgan fingerprint density at radius 3 is 1.53 bits per heavy atom. The van der Waals surface area contributed by atoms with Gasteiger partial charge in [0.15, 0.2) is 11.5 Å². The van der Waals surface area contributed by atoms with Crippen molar-refractivity contribution in [2.24, 2.45) is 0 Å². The van der Waals surface area contributed by atoms with E-state index in [4.69, 9.17) is 14.2 Å². The molecule has 0 fully saturated rings. The van der Waals surface area contributed by atoms with Gasteiger partial charge in [-0.25, -0.2) is 0 Å². The van der Waals surface area contributed by atoms with E-state index in [0.29, 0.717) is 0 Å². The highest BCUT2D eigenvalue weighted by Crippen LogP contribution is 2.64. The Balaban J connectivity index is 1.84. The number of rotatable bonds is 3. The average Bonchev–Trinajstić information content (AvgIpc) is 3.28. The Bertz CT molecular complexity index is 1350. The SMILES string of the molecule is COc1cc2c(cc1C)-c1cc(OC)c(OC)cc1C21c2ccccc2-c2ccccc21. The van der Waals surface area contributed by atoms with Crippen LogP contribution in [0.5, 0.6) is 17.2 Å². The molecule has 0 bridgehead atoms. The molecule has 0 saturated heterocycles. The number of benzene rings is 4. The molecule has 0 amide bonds. The summed E-state index contributed by atoms with van der Waals surface area (Å²) in [5.74, 6) is 2.38. The lowest BCUT2D eigenvalue weighted by Crippen LogP contribution is -2.26. The second-order valence-electron chi connectivity index (χ2n) is 8.46. The summed E-state index contributed by atoms with van der Waals surface area (Å²) < 4.78 is 17.2. The Labute approximate surface area is 188 Å². The first-order valence-corrected chi connectivity index (χ1v) is 10.8. The molecule has 4 aromatic rings. The maximum atomic E-state index is 5.79. The van der Waals surface area contributed by atoms with Gasteiger partial charge in [0, 0.05) is 0 Å². The molecule has 0 heterocycles. The molecule has 3 heteroatoms. The lowest BCUT2D eigenvalue weighted by atomic mass is 9.70. The molecule has 3 nitrogen and oxygen atoms in total. The van der Waals surface area contributed by atoms with E-state index in [1.54, 1.807) is 21.3 Å². The van der Waals surface area contributed by atoms with Crippen molar-refractivity contribution in [1.29, 1.82) is 0 Å². The summed E-state index contributed by atoms with van der Waals surface area (Å²) in [7, 11) is 5.13. The minimum absolute atomic E-state index is 0.432. The van der Waals surface area contributed by atoms with Crippen LogP contribution in [0.15, 0.2) is 72.8 Å². The fraction of sp³-hybridized carbons (Fsp3) is 0.172. The molecule has 0 N–H and O–H groups in total. The molecule has 0 unspecified atom stereocenters. The molecule has 1 spiro atoms. The molecule has 0 atom stereocenters. The predicted octanol–water partition coefficient (Wildman–Crippen LogP) is 6.36. The van der Waals surface area contributed by atoms with E-state index >= 15 is 0 Å². The Morgan fingerprint density at radius 2 is 0.969 bits per heavy atom. The van der Waals surface area contributed by atoms with Gasteiger partial charge in [0.1, 0.15) is 5.75 Å². The quantitative estimate of drug-likeness (QED) is 0.333. The molecular weight excluding hydrogens is 396 g/mol. The monoisotopic (exact) mass is 420 g/mol. The highest BCUT2D eigenvalue weighted by molar-refractivity contribution is 5.96. The molecule has 0 saturated carbocycles. The van der Waals surface area contributed by atoms with Crippen molar-refractivity contribution in [2.75, 3.05) is 21.3 Å². The summed E-state index contributed by atoms with van der Waals surface area (Å²) in [5, 5.41) is 0. The highest BCUT2D eigenvalue weighted by atomic mass is 16.5. The van der Waals surface area contributed by atoms with Crippen molar-refractivity contribution < 1.29 is 14.2 Å². The van der Waals surface area contributed by atoms with Crippen molar-refractivity contribution in [3.63, 3.8) is 0 Å². The van der Waals surface area contributed by atoms with Crippen LogP contribution in [0.3, 0.4) is 0 Å². The second-order valence-corrected chi connectivity index (χ2v) is 8.46. The van der Waals surface area contributed by atoms with Crippen molar-refractivity contribution in [3.05, 3.63) is 101 Å². The molecule has 0 aliphatic heterocycles. The van der Waals surface area contributed by atoms with Gasteiger partial charge >= 0.3 is 0 Å². The number of aryl methyl sites for hydroxylation is 1. The van der Waals surface area contributed by atoms with Crippen LogP contribution in [-0.2, 0) is 5.41 Å². The van der Waals surface area contributed by atoms with E-state index in [0.717, 1.165) is 22.8 Å². The number of ether oxygens (including phenoxy) is 3. The summed E-state index contributed by atoms with van der Waals surface area (Å²) in [6, 6.07) is 26.2. The van der Waals surface area contributed by atoms with Crippen molar-refractivity contribution in [2.45, 2.75) is 12.3 Å². The average molecular weight is 421 g/mol. The fourth-order valence-electron chi connectivity index (χ4n) is 5.81. The van der Waals surface area contributed by atoms with Crippen LogP contribution >= 0.6 is 0 Å². The van der Waals surface area contributed by atoms with E-state index in [1.807, 2.05) is 0 Å². The molecule has 6 rings (SSSR count). The molecule has 0 aromatic heterocycles. The predicted molar refractivity (Wildman–Crippen MR) is 127 cm³/mol. The Kier molecular flexibility index (Phi) is 3.94. The van der Waals surface area contributed by atoms with E-state index in [1.165, 1.54) is 44.5 Å². The first-order valence-electron chi connectivity index (χ1n) is 10.8. The van der Waals surface area contributed by atoms with Crippen LogP contribution < -0.4 is 14.2 Å². The van der Waals surface area contributed by atoms with Crippen LogP contribution in [0, 0.1) is 6.92 Å². The van der Waals surface area contributed by atoms with Gasteiger partial charge < -0.3 is 14.2 Å². The van der Waals surface area contributed by atoms with E-state index < -0.39 is 5.41 Å². The molecule has 4 aromatic carbocycles. The van der Waals surface area contributed by atoms with Gasteiger partial charge in [-0.3, -0.25) is 0 Å². The van der Waals surface area contributed by atoms with Crippen LogP contribution in [0.4, 0.5) is 0 Å². The van der Waals surface area contributed by atoms with E-state index in [9.17, 15) is 0 Å². The smallest absolute Gasteiger partial charge is 0.161 e. The molecule has 0 radical (unpaired) electrons. The lowest BCUT2D eigenvalue weighted by molar-refractivity contribution is 0.354. The van der Waals surface area contributed by atoms with Gasteiger partial charge in [0.2, 0.25) is 0 Å². The van der Waals surface area contributed by atoms with Crippen LogP contribution in [0.25, 0.3) is 22.3 Å². The Hall–Kier alpha value is -3.72. The molecule has 2 aliphatic rings. The lowest BCUT2D eigenvalue weighted by Gasteiger charge is -2.31. The van der Waals surface area contributed by atoms with Gasteiger partial charge in [0.25, 0.3) is 0 Å². The van der Waals surface area contributed by atoms with Gasteiger partial charge in [-0.15, -0.1) is 0 Å². The minimum Gasteiger partial charge on any atom is -0.496 e. The zero-order valence-corrected chi connectivity index (χ0v) is 18.7. The molecular formula is C29H24O3. The summed E-state index contributed by atoms with van der Waals surface area (Å²) in [4.78, 5) is 0. The van der Waals surface area contributed by atoms with Gasteiger partial charge in [0.05, 0.1) is 26.7 Å². The summed E-state index contributed by atoms with van der Waals surface area (Å²) in [5.41, 5.74) is 10.7. The topological polar surface area (TPSA) is 27.7 Å². The zero-order valence-electron chi connectivity index (χ0n) is 18.7. The molecule has 32 heavy (non-hydrogen) atoms. The number of hydrogen-bond acceptors (Lipinski definition) is 3. The number of fused-ring (bicyclic) bond motifs is 10. The normalized spacial score (nSPS) is 13.9. The summed E-state index contributed by atoms with van der Waals surface area (Å²) in [6.07, 6.45) is 0. The summed E-state index contributed by atoms with van der Waals surface area (Å²) in [6.45, 7) is 2.10. The van der Waals surface area contributed by atoms with Crippen molar-refractivity contribution >= 4 is 0 Å². The third kappa shape index (κ3) is 2.16. The first-order chi connectivity index (χ1) is 15.6. The zero-order chi connectivity index (χ0) is 22.0.